The minimum atomic E-state index is -0.341. The van der Waals surface area contributed by atoms with Crippen LogP contribution in [0.3, 0.4) is 0 Å². The number of hydrogen-bond donors (Lipinski definition) is 1. The monoisotopic (exact) mass is 342 g/mol. The van der Waals surface area contributed by atoms with Crippen molar-refractivity contribution in [2.75, 3.05) is 11.9 Å². The van der Waals surface area contributed by atoms with Crippen LogP contribution in [0, 0.1) is 11.8 Å². The molecule has 2 fully saturated rings. The molecular weight excluding hydrogens is 320 g/mol. The number of hydrogen-bond acceptors (Lipinski definition) is 5. The van der Waals surface area contributed by atoms with E-state index in [-0.39, 0.29) is 30.1 Å². The Hall–Kier alpha value is -2.51. The molecule has 1 atom stereocenters. The van der Waals surface area contributed by atoms with Crippen molar-refractivity contribution in [2.45, 2.75) is 45.1 Å². The highest BCUT2D eigenvalue weighted by Gasteiger charge is 2.38. The van der Waals surface area contributed by atoms with Crippen molar-refractivity contribution >= 4 is 23.5 Å². The van der Waals surface area contributed by atoms with Crippen molar-refractivity contribution in [1.82, 2.24) is 24.5 Å². The van der Waals surface area contributed by atoms with Crippen LogP contribution in [0.5, 0.6) is 0 Å². The Balaban J connectivity index is 1.40. The largest absolute Gasteiger partial charge is 0.339 e. The lowest BCUT2D eigenvalue weighted by Gasteiger charge is -2.33. The van der Waals surface area contributed by atoms with Gasteiger partial charge in [-0.05, 0) is 37.7 Å². The quantitative estimate of drug-likeness (QED) is 0.912. The molecule has 1 saturated heterocycles. The predicted octanol–water partition coefficient (Wildman–Crippen LogP) is 1.49. The van der Waals surface area contributed by atoms with E-state index < -0.39 is 0 Å². The smallest absolute Gasteiger partial charge is 0.253 e. The van der Waals surface area contributed by atoms with Crippen LogP contribution in [0.15, 0.2) is 18.5 Å². The van der Waals surface area contributed by atoms with Gasteiger partial charge in [0.05, 0.1) is 5.92 Å². The van der Waals surface area contributed by atoms with Crippen LogP contribution in [-0.4, -0.2) is 48.9 Å². The summed E-state index contributed by atoms with van der Waals surface area (Å²) < 4.78 is 1.50. The Kier molecular flexibility index (Phi) is 4.10. The Morgan fingerprint density at radius 3 is 2.84 bits per heavy atom. The van der Waals surface area contributed by atoms with Crippen LogP contribution < -0.4 is 5.32 Å². The molecule has 2 aliphatic rings. The van der Waals surface area contributed by atoms with E-state index in [1.54, 1.807) is 18.5 Å². The SMILES string of the molecule is CC1CCC(N2C[C@H](C(=O)Nc3nc4ncccn4n3)CC2=O)CC1. The van der Waals surface area contributed by atoms with Gasteiger partial charge in [0.2, 0.25) is 11.8 Å². The second-order valence-corrected chi connectivity index (χ2v) is 7.15. The maximum Gasteiger partial charge on any atom is 0.253 e. The van der Waals surface area contributed by atoms with E-state index >= 15 is 0 Å². The summed E-state index contributed by atoms with van der Waals surface area (Å²) in [5, 5.41) is 6.90. The molecule has 25 heavy (non-hydrogen) atoms. The number of amides is 2. The first-order valence-corrected chi connectivity index (χ1v) is 8.88. The maximum absolute atomic E-state index is 12.5. The molecular formula is C17H22N6O2. The van der Waals surface area contributed by atoms with Crippen LogP contribution in [0.4, 0.5) is 5.95 Å². The summed E-state index contributed by atoms with van der Waals surface area (Å²) in [4.78, 5) is 35.0. The van der Waals surface area contributed by atoms with Gasteiger partial charge in [-0.25, -0.2) is 9.50 Å². The number of likely N-dealkylation sites (tertiary alicyclic amines) is 1. The number of anilines is 1. The van der Waals surface area contributed by atoms with Crippen molar-refractivity contribution in [1.29, 1.82) is 0 Å². The third-order valence-corrected chi connectivity index (χ3v) is 5.31. The topological polar surface area (TPSA) is 92.5 Å². The molecule has 1 N–H and O–H groups in total. The van der Waals surface area contributed by atoms with Crippen molar-refractivity contribution < 1.29 is 9.59 Å². The molecule has 1 aliphatic heterocycles. The molecule has 2 aromatic heterocycles. The molecule has 132 valence electrons. The minimum Gasteiger partial charge on any atom is -0.339 e. The average Bonchev–Trinajstić information content (AvgIpc) is 3.18. The van der Waals surface area contributed by atoms with Crippen LogP contribution in [0.2, 0.25) is 0 Å². The van der Waals surface area contributed by atoms with Crippen LogP contribution in [0.1, 0.15) is 39.0 Å². The number of nitrogens with zero attached hydrogens (tertiary/aromatic N) is 5. The number of nitrogens with one attached hydrogen (secondary N) is 1. The predicted molar refractivity (Wildman–Crippen MR) is 90.7 cm³/mol. The van der Waals surface area contributed by atoms with Crippen LogP contribution in [0.25, 0.3) is 5.78 Å². The molecule has 0 spiro atoms. The summed E-state index contributed by atoms with van der Waals surface area (Å²) in [6.45, 7) is 2.75. The lowest BCUT2D eigenvalue weighted by atomic mass is 9.87. The van der Waals surface area contributed by atoms with Gasteiger partial charge in [0.1, 0.15) is 0 Å². The van der Waals surface area contributed by atoms with Gasteiger partial charge in [-0.2, -0.15) is 4.98 Å². The minimum absolute atomic E-state index is 0.0873. The van der Waals surface area contributed by atoms with E-state index in [9.17, 15) is 9.59 Å². The van der Waals surface area contributed by atoms with Gasteiger partial charge in [-0.15, -0.1) is 5.10 Å². The van der Waals surface area contributed by atoms with Gasteiger partial charge in [0.15, 0.2) is 0 Å². The van der Waals surface area contributed by atoms with Crippen molar-refractivity contribution in [3.63, 3.8) is 0 Å². The van der Waals surface area contributed by atoms with E-state index in [4.69, 9.17) is 0 Å². The Labute approximate surface area is 145 Å². The number of rotatable bonds is 3. The fourth-order valence-corrected chi connectivity index (χ4v) is 3.81. The second kappa shape index (κ2) is 6.42. The molecule has 0 radical (unpaired) electrons. The second-order valence-electron chi connectivity index (χ2n) is 7.15. The highest BCUT2D eigenvalue weighted by Crippen LogP contribution is 2.31. The van der Waals surface area contributed by atoms with Gasteiger partial charge in [0.25, 0.3) is 11.7 Å². The molecule has 4 rings (SSSR count). The molecule has 3 heterocycles. The molecule has 2 aromatic rings. The number of carbonyl (C=O) groups is 2. The zero-order valence-electron chi connectivity index (χ0n) is 14.3. The van der Waals surface area contributed by atoms with Crippen molar-refractivity contribution in [2.24, 2.45) is 11.8 Å². The Morgan fingerprint density at radius 2 is 2.08 bits per heavy atom. The summed E-state index contributed by atoms with van der Waals surface area (Å²) in [5.41, 5.74) is 0. The van der Waals surface area contributed by atoms with E-state index in [0.29, 0.717) is 18.4 Å². The Bertz CT molecular complexity index is 762. The zero-order valence-corrected chi connectivity index (χ0v) is 14.3. The first kappa shape index (κ1) is 16.0. The van der Waals surface area contributed by atoms with Crippen molar-refractivity contribution in [3.8, 4) is 0 Å². The highest BCUT2D eigenvalue weighted by molar-refractivity contribution is 5.96. The number of fused-ring (bicyclic) bond motifs is 1. The van der Waals surface area contributed by atoms with Crippen molar-refractivity contribution in [3.05, 3.63) is 18.5 Å². The third-order valence-electron chi connectivity index (χ3n) is 5.31. The summed E-state index contributed by atoms with van der Waals surface area (Å²) >= 11 is 0. The standard InChI is InChI=1S/C17H22N6O2/c1-11-3-5-13(6-4-11)22-10-12(9-14(22)24)15(25)19-16-20-17-18-7-2-8-23(17)21-16/h2,7-8,11-13H,3-6,9-10H2,1H3,(H,19,21,25)/t11?,12-,13?/m1/s1. The summed E-state index contributed by atoms with van der Waals surface area (Å²) in [6.07, 6.45) is 8.00. The Morgan fingerprint density at radius 1 is 1.28 bits per heavy atom. The molecule has 2 amide bonds. The zero-order chi connectivity index (χ0) is 17.4. The van der Waals surface area contributed by atoms with Crippen LogP contribution in [-0.2, 0) is 9.59 Å². The van der Waals surface area contributed by atoms with Gasteiger partial charge < -0.3 is 4.90 Å². The molecule has 8 heteroatoms. The number of aromatic nitrogens is 4. The maximum atomic E-state index is 12.5. The van der Waals surface area contributed by atoms with E-state index in [1.807, 2.05) is 4.90 Å². The van der Waals surface area contributed by atoms with Gasteiger partial charge in [-0.3, -0.25) is 14.9 Å². The molecule has 0 unspecified atom stereocenters. The summed E-state index contributed by atoms with van der Waals surface area (Å²) in [7, 11) is 0. The molecule has 1 saturated carbocycles. The average molecular weight is 342 g/mol. The normalized spacial score (nSPS) is 27.0. The molecule has 8 nitrogen and oxygen atoms in total. The highest BCUT2D eigenvalue weighted by atomic mass is 16.2. The first-order chi connectivity index (χ1) is 12.1. The lowest BCUT2D eigenvalue weighted by Crippen LogP contribution is -2.39. The summed E-state index contributed by atoms with van der Waals surface area (Å²) in [6, 6.07) is 2.03. The number of carbonyl (C=O) groups excluding carboxylic acids is 2. The van der Waals surface area contributed by atoms with Gasteiger partial charge in [0, 0.05) is 31.4 Å². The third kappa shape index (κ3) is 3.20. The lowest BCUT2D eigenvalue weighted by molar-refractivity contribution is -0.130. The van der Waals surface area contributed by atoms with E-state index in [2.05, 4.69) is 27.3 Å². The summed E-state index contributed by atoms with van der Waals surface area (Å²) in [5.74, 6) is 0.939. The van der Waals surface area contributed by atoms with E-state index in [0.717, 1.165) is 31.6 Å². The van der Waals surface area contributed by atoms with Gasteiger partial charge in [-0.1, -0.05) is 6.92 Å². The van der Waals surface area contributed by atoms with Gasteiger partial charge >= 0.3 is 0 Å². The molecule has 0 aromatic carbocycles. The first-order valence-electron chi connectivity index (χ1n) is 8.88. The fourth-order valence-electron chi connectivity index (χ4n) is 3.81. The van der Waals surface area contributed by atoms with Crippen LogP contribution >= 0.6 is 0 Å². The molecule has 1 aliphatic carbocycles. The fraction of sp³-hybridized carbons (Fsp3) is 0.588. The molecule has 0 bridgehead atoms. The van der Waals surface area contributed by atoms with E-state index in [1.165, 1.54) is 4.52 Å².